The summed E-state index contributed by atoms with van der Waals surface area (Å²) in [6, 6.07) is 0.775. The Morgan fingerprint density at radius 1 is 1.30 bits per heavy atom. The van der Waals surface area contributed by atoms with Crippen molar-refractivity contribution in [1.82, 2.24) is 14.8 Å². The topological polar surface area (TPSA) is 91.6 Å². The van der Waals surface area contributed by atoms with Gasteiger partial charge in [0.05, 0.1) is 23.5 Å². The lowest BCUT2D eigenvalue weighted by Gasteiger charge is -2.40. The van der Waals surface area contributed by atoms with Crippen LogP contribution < -0.4 is 11.1 Å². The molecule has 27 heavy (non-hydrogen) atoms. The molecule has 1 aromatic heterocycles. The molecule has 2 bridgehead atoms. The Bertz CT molecular complexity index is 790. The number of nitrogens with two attached hydrogens (primary N) is 1. The van der Waals surface area contributed by atoms with Gasteiger partial charge in [-0.2, -0.15) is 0 Å². The monoisotopic (exact) mass is 369 g/mol. The number of fused-ring (bicyclic) bond motifs is 3. The SMILES string of the molecule is CN(C)CC(=O)N1[C@@H]2CC[C@H]1CC(Nc1c(C(N)=O)cnc3c1C=CC3)C2. The second-order valence-corrected chi connectivity index (χ2v) is 8.11. The summed E-state index contributed by atoms with van der Waals surface area (Å²) < 4.78 is 0. The molecule has 3 atom stereocenters. The van der Waals surface area contributed by atoms with Gasteiger partial charge in [-0.3, -0.25) is 14.6 Å². The third-order valence-electron chi connectivity index (χ3n) is 5.88. The summed E-state index contributed by atoms with van der Waals surface area (Å²) in [7, 11) is 3.86. The van der Waals surface area contributed by atoms with E-state index in [1.807, 2.05) is 25.1 Å². The van der Waals surface area contributed by atoms with Crippen molar-refractivity contribution in [2.24, 2.45) is 5.73 Å². The average Bonchev–Trinajstić information content (AvgIpc) is 3.17. The molecule has 1 aliphatic carbocycles. The summed E-state index contributed by atoms with van der Waals surface area (Å²) >= 11 is 0. The number of anilines is 1. The van der Waals surface area contributed by atoms with Gasteiger partial charge in [0.2, 0.25) is 5.91 Å². The van der Waals surface area contributed by atoms with E-state index in [1.165, 1.54) is 0 Å². The number of carbonyl (C=O) groups excluding carboxylic acids is 2. The number of amides is 2. The number of aromatic nitrogens is 1. The Balaban J connectivity index is 1.53. The van der Waals surface area contributed by atoms with Crippen molar-refractivity contribution in [3.63, 3.8) is 0 Å². The first-order valence-corrected chi connectivity index (χ1v) is 9.64. The number of rotatable bonds is 5. The number of nitrogens with one attached hydrogen (secondary N) is 1. The van der Waals surface area contributed by atoms with Gasteiger partial charge < -0.3 is 20.9 Å². The van der Waals surface area contributed by atoms with Gasteiger partial charge in [0.15, 0.2) is 0 Å². The molecule has 1 aromatic rings. The molecule has 4 rings (SSSR count). The number of piperidine rings is 1. The minimum Gasteiger partial charge on any atom is -0.381 e. The minimum atomic E-state index is -0.463. The first kappa shape index (κ1) is 18.0. The van der Waals surface area contributed by atoms with Crippen LogP contribution >= 0.6 is 0 Å². The van der Waals surface area contributed by atoms with Crippen molar-refractivity contribution in [3.05, 3.63) is 29.1 Å². The Morgan fingerprint density at radius 3 is 2.63 bits per heavy atom. The number of pyridine rings is 1. The number of carbonyl (C=O) groups is 2. The number of likely N-dealkylation sites (N-methyl/N-ethyl adjacent to an activating group) is 1. The Hall–Kier alpha value is -2.41. The van der Waals surface area contributed by atoms with Crippen LogP contribution in [0.5, 0.6) is 0 Å². The standard InChI is InChI=1S/C20H27N5O2/c1-24(2)11-18(26)25-13-6-7-14(25)9-12(8-13)23-19-15-4-3-5-17(15)22-10-16(19)20(21)27/h3-4,10,12-14H,5-9,11H2,1-2H3,(H2,21,27)(H,22,23)/t12?,13-,14+. The maximum atomic E-state index is 12.6. The summed E-state index contributed by atoms with van der Waals surface area (Å²) in [6.07, 6.45) is 10.3. The van der Waals surface area contributed by atoms with E-state index >= 15 is 0 Å². The van der Waals surface area contributed by atoms with E-state index in [2.05, 4.69) is 21.3 Å². The van der Waals surface area contributed by atoms with Gasteiger partial charge in [0, 0.05) is 36.3 Å². The Kier molecular flexibility index (Phi) is 4.63. The van der Waals surface area contributed by atoms with Crippen LogP contribution in [0.15, 0.2) is 12.3 Å². The lowest BCUT2D eigenvalue weighted by Crippen LogP contribution is -2.52. The third kappa shape index (κ3) is 3.32. The fraction of sp³-hybridized carbons (Fsp3) is 0.550. The fourth-order valence-corrected chi connectivity index (χ4v) is 4.80. The Morgan fingerprint density at radius 2 is 2.00 bits per heavy atom. The number of primary amides is 1. The molecule has 0 saturated carbocycles. The zero-order chi connectivity index (χ0) is 19.1. The summed E-state index contributed by atoms with van der Waals surface area (Å²) in [4.78, 5) is 32.9. The second-order valence-electron chi connectivity index (χ2n) is 8.11. The minimum absolute atomic E-state index is 0.219. The van der Waals surface area contributed by atoms with E-state index in [-0.39, 0.29) is 24.0 Å². The molecule has 2 saturated heterocycles. The fourth-order valence-electron chi connectivity index (χ4n) is 4.80. The molecule has 0 aromatic carbocycles. The zero-order valence-electron chi connectivity index (χ0n) is 15.9. The lowest BCUT2D eigenvalue weighted by atomic mass is 9.95. The number of hydrogen-bond donors (Lipinski definition) is 2. The first-order valence-electron chi connectivity index (χ1n) is 9.64. The van der Waals surface area contributed by atoms with Crippen molar-refractivity contribution >= 4 is 23.6 Å². The molecule has 2 amide bonds. The number of allylic oxidation sites excluding steroid dienone is 1. The van der Waals surface area contributed by atoms with Crippen LogP contribution in [0.4, 0.5) is 5.69 Å². The lowest BCUT2D eigenvalue weighted by molar-refractivity contribution is -0.136. The second kappa shape index (κ2) is 6.96. The van der Waals surface area contributed by atoms with Gasteiger partial charge in [0.1, 0.15) is 0 Å². The van der Waals surface area contributed by atoms with Gasteiger partial charge >= 0.3 is 0 Å². The van der Waals surface area contributed by atoms with Gasteiger partial charge in [0.25, 0.3) is 5.91 Å². The predicted octanol–water partition coefficient (Wildman–Crippen LogP) is 1.25. The van der Waals surface area contributed by atoms with Crippen LogP contribution in [0.3, 0.4) is 0 Å². The molecule has 3 N–H and O–H groups in total. The zero-order valence-corrected chi connectivity index (χ0v) is 15.9. The summed E-state index contributed by atoms with van der Waals surface area (Å²) in [5.41, 5.74) is 8.79. The first-order chi connectivity index (χ1) is 12.9. The van der Waals surface area contributed by atoms with Crippen molar-refractivity contribution in [3.8, 4) is 0 Å². The van der Waals surface area contributed by atoms with E-state index in [9.17, 15) is 9.59 Å². The highest BCUT2D eigenvalue weighted by atomic mass is 16.2. The smallest absolute Gasteiger partial charge is 0.252 e. The summed E-state index contributed by atoms with van der Waals surface area (Å²) in [5.74, 6) is -0.244. The quantitative estimate of drug-likeness (QED) is 0.815. The maximum absolute atomic E-state index is 12.6. The predicted molar refractivity (Wildman–Crippen MR) is 104 cm³/mol. The molecule has 144 valence electrons. The average molecular weight is 369 g/mol. The van der Waals surface area contributed by atoms with Crippen LogP contribution in [-0.2, 0) is 11.2 Å². The maximum Gasteiger partial charge on any atom is 0.252 e. The van der Waals surface area contributed by atoms with E-state index in [0.717, 1.165) is 49.0 Å². The highest BCUT2D eigenvalue weighted by molar-refractivity contribution is 6.00. The normalized spacial score (nSPS) is 25.7. The molecule has 2 fully saturated rings. The van der Waals surface area contributed by atoms with E-state index in [4.69, 9.17) is 5.73 Å². The van der Waals surface area contributed by atoms with Crippen LogP contribution in [0.25, 0.3) is 6.08 Å². The van der Waals surface area contributed by atoms with Crippen LogP contribution in [0.1, 0.15) is 47.3 Å². The van der Waals surface area contributed by atoms with Crippen LogP contribution in [-0.4, -0.2) is 65.4 Å². The van der Waals surface area contributed by atoms with Gasteiger partial charge in [-0.05, 0) is 39.8 Å². The van der Waals surface area contributed by atoms with Crippen molar-refractivity contribution in [1.29, 1.82) is 0 Å². The highest BCUT2D eigenvalue weighted by Crippen LogP contribution is 2.38. The van der Waals surface area contributed by atoms with E-state index in [0.29, 0.717) is 12.1 Å². The summed E-state index contributed by atoms with van der Waals surface area (Å²) in [5, 5.41) is 3.59. The molecular formula is C20H27N5O2. The molecule has 7 heteroatoms. The van der Waals surface area contributed by atoms with E-state index < -0.39 is 5.91 Å². The molecule has 2 aliphatic heterocycles. The van der Waals surface area contributed by atoms with Crippen molar-refractivity contribution < 1.29 is 9.59 Å². The largest absolute Gasteiger partial charge is 0.381 e. The number of nitrogens with zero attached hydrogens (tertiary/aromatic N) is 3. The van der Waals surface area contributed by atoms with Gasteiger partial charge in [-0.15, -0.1) is 0 Å². The molecule has 7 nitrogen and oxygen atoms in total. The Labute approximate surface area is 159 Å². The molecule has 1 unspecified atom stereocenters. The summed E-state index contributed by atoms with van der Waals surface area (Å²) in [6.45, 7) is 0.458. The van der Waals surface area contributed by atoms with Crippen molar-refractivity contribution in [2.75, 3.05) is 26.0 Å². The molecule has 3 heterocycles. The van der Waals surface area contributed by atoms with Gasteiger partial charge in [-0.25, -0.2) is 0 Å². The molecule has 3 aliphatic rings. The van der Waals surface area contributed by atoms with E-state index in [1.54, 1.807) is 6.20 Å². The molecule has 0 spiro atoms. The van der Waals surface area contributed by atoms with Crippen LogP contribution in [0.2, 0.25) is 0 Å². The van der Waals surface area contributed by atoms with Crippen LogP contribution in [0, 0.1) is 0 Å². The van der Waals surface area contributed by atoms with Crippen molar-refractivity contribution in [2.45, 2.75) is 50.2 Å². The van der Waals surface area contributed by atoms with Gasteiger partial charge in [-0.1, -0.05) is 12.2 Å². The number of hydrogen-bond acceptors (Lipinski definition) is 5. The molecular weight excluding hydrogens is 342 g/mol. The highest BCUT2D eigenvalue weighted by Gasteiger charge is 2.43. The third-order valence-corrected chi connectivity index (χ3v) is 5.88. The molecule has 0 radical (unpaired) electrons.